The highest BCUT2D eigenvalue weighted by Gasteiger charge is 2.31. The number of methoxy groups -OCH3 is 1. The second-order valence-electron chi connectivity index (χ2n) is 10.3. The first kappa shape index (κ1) is 28.1. The molecule has 0 saturated carbocycles. The zero-order valence-corrected chi connectivity index (χ0v) is 22.1. The zero-order chi connectivity index (χ0) is 27.1. The van der Waals surface area contributed by atoms with E-state index in [0.717, 1.165) is 48.8 Å². The number of phenolic OH excluding ortho intramolecular Hbond substituents is 2. The standard InChI is InChI=1S/C30H38O7/c1-18(17-37-28(33)13-10-21-9-12-25(31)27(14-21)36-4)6-5-7-19(2)23-11-8-20(3)29-24(23)15-22(30(34)35)16-26(29)32/h9-10,12-16,18-20,23,31-32H,5-8,11,17H2,1-4H3,(H,34,35)/b13-10+/t18?,19-,20+,23-/m0/s1. The third-order valence-corrected chi connectivity index (χ3v) is 7.41. The van der Waals surface area contributed by atoms with Crippen LogP contribution in [-0.4, -0.2) is 41.0 Å². The third kappa shape index (κ3) is 7.28. The van der Waals surface area contributed by atoms with Gasteiger partial charge < -0.3 is 24.8 Å². The van der Waals surface area contributed by atoms with Crippen LogP contribution in [0.3, 0.4) is 0 Å². The van der Waals surface area contributed by atoms with Crippen molar-refractivity contribution in [1.29, 1.82) is 0 Å². The van der Waals surface area contributed by atoms with E-state index in [4.69, 9.17) is 9.47 Å². The number of ether oxygens (including phenoxy) is 2. The number of carbonyl (C=O) groups excluding carboxylic acids is 1. The lowest BCUT2D eigenvalue weighted by molar-refractivity contribution is -0.138. The smallest absolute Gasteiger partial charge is 0.335 e. The van der Waals surface area contributed by atoms with E-state index in [-0.39, 0.29) is 34.8 Å². The van der Waals surface area contributed by atoms with Crippen LogP contribution in [-0.2, 0) is 9.53 Å². The molecule has 3 rings (SSSR count). The summed E-state index contributed by atoms with van der Waals surface area (Å²) in [6.07, 6.45) is 7.78. The van der Waals surface area contributed by atoms with Gasteiger partial charge in [-0.05, 0) is 84.4 Å². The number of fused-ring (bicyclic) bond motifs is 1. The Hall–Kier alpha value is -3.48. The third-order valence-electron chi connectivity index (χ3n) is 7.41. The molecule has 1 unspecified atom stereocenters. The van der Waals surface area contributed by atoms with Gasteiger partial charge in [0, 0.05) is 11.6 Å². The number of phenols is 2. The fourth-order valence-electron chi connectivity index (χ4n) is 5.25. The molecule has 37 heavy (non-hydrogen) atoms. The van der Waals surface area contributed by atoms with Crippen molar-refractivity contribution < 1.29 is 34.4 Å². The average Bonchev–Trinajstić information content (AvgIpc) is 2.86. The van der Waals surface area contributed by atoms with E-state index < -0.39 is 11.9 Å². The lowest BCUT2D eigenvalue weighted by atomic mass is 9.70. The van der Waals surface area contributed by atoms with E-state index in [1.165, 1.54) is 25.3 Å². The molecule has 0 heterocycles. The quantitative estimate of drug-likeness (QED) is 0.234. The van der Waals surface area contributed by atoms with E-state index in [1.807, 2.05) is 0 Å². The van der Waals surface area contributed by atoms with Gasteiger partial charge >= 0.3 is 11.9 Å². The van der Waals surface area contributed by atoms with Crippen molar-refractivity contribution in [3.8, 4) is 17.2 Å². The number of esters is 1. The van der Waals surface area contributed by atoms with Crippen LogP contribution in [0.25, 0.3) is 6.08 Å². The van der Waals surface area contributed by atoms with Crippen LogP contribution in [0.1, 0.15) is 91.8 Å². The molecule has 2 aromatic carbocycles. The Morgan fingerprint density at radius 2 is 1.84 bits per heavy atom. The maximum atomic E-state index is 12.1. The highest BCUT2D eigenvalue weighted by atomic mass is 16.5. The number of rotatable bonds is 11. The van der Waals surface area contributed by atoms with Gasteiger partial charge in [-0.25, -0.2) is 9.59 Å². The fraction of sp³-hybridized carbons (Fsp3) is 0.467. The lowest BCUT2D eigenvalue weighted by Gasteiger charge is -2.34. The second-order valence-corrected chi connectivity index (χ2v) is 10.3. The maximum absolute atomic E-state index is 12.1. The molecule has 0 aliphatic heterocycles. The summed E-state index contributed by atoms with van der Waals surface area (Å²) in [7, 11) is 1.47. The summed E-state index contributed by atoms with van der Waals surface area (Å²) in [6, 6.07) is 7.94. The van der Waals surface area contributed by atoms with Crippen molar-refractivity contribution in [1.82, 2.24) is 0 Å². The minimum absolute atomic E-state index is 0.0378. The van der Waals surface area contributed by atoms with E-state index >= 15 is 0 Å². The van der Waals surface area contributed by atoms with Gasteiger partial charge in [-0.1, -0.05) is 39.7 Å². The molecule has 0 aromatic heterocycles. The predicted octanol–water partition coefficient (Wildman–Crippen LogP) is 6.48. The van der Waals surface area contributed by atoms with Gasteiger partial charge in [0.25, 0.3) is 0 Å². The SMILES string of the molecule is COc1cc(/C=C/C(=O)OCC(C)CCC[C@H](C)[C@@H]2CC[C@@H](C)c3c(O)cc(C(=O)O)cc32)ccc1O. The summed E-state index contributed by atoms with van der Waals surface area (Å²) < 4.78 is 10.5. The molecule has 0 bridgehead atoms. The molecule has 2 aromatic rings. The lowest BCUT2D eigenvalue weighted by Crippen LogP contribution is -2.20. The van der Waals surface area contributed by atoms with Crippen molar-refractivity contribution in [2.75, 3.05) is 13.7 Å². The normalized spacial score (nSPS) is 18.7. The molecule has 0 spiro atoms. The molecule has 7 nitrogen and oxygen atoms in total. The summed E-state index contributed by atoms with van der Waals surface area (Å²) in [5, 5.41) is 29.6. The largest absolute Gasteiger partial charge is 0.508 e. The van der Waals surface area contributed by atoms with Crippen LogP contribution in [0, 0.1) is 11.8 Å². The van der Waals surface area contributed by atoms with Crippen LogP contribution >= 0.6 is 0 Å². The first-order chi connectivity index (χ1) is 17.6. The molecule has 0 fully saturated rings. The Morgan fingerprint density at radius 3 is 2.54 bits per heavy atom. The number of carboxylic acids is 1. The Kier molecular flexibility index (Phi) is 9.61. The molecule has 0 amide bonds. The summed E-state index contributed by atoms with van der Waals surface area (Å²) in [6.45, 7) is 6.67. The van der Waals surface area contributed by atoms with Gasteiger partial charge in [0.05, 0.1) is 19.3 Å². The summed E-state index contributed by atoms with van der Waals surface area (Å²) in [5.41, 5.74) is 2.73. The molecule has 4 atom stereocenters. The Bertz CT molecular complexity index is 1140. The molecule has 0 saturated heterocycles. The maximum Gasteiger partial charge on any atom is 0.335 e. The van der Waals surface area contributed by atoms with Gasteiger partial charge in [0.2, 0.25) is 0 Å². The summed E-state index contributed by atoms with van der Waals surface area (Å²) in [5.74, 6) is -0.00514. The predicted molar refractivity (Wildman–Crippen MR) is 142 cm³/mol. The highest BCUT2D eigenvalue weighted by Crippen LogP contribution is 2.47. The number of benzene rings is 2. The monoisotopic (exact) mass is 510 g/mol. The van der Waals surface area contributed by atoms with Crippen molar-refractivity contribution in [2.45, 2.75) is 64.7 Å². The molecule has 7 heteroatoms. The van der Waals surface area contributed by atoms with Gasteiger partial charge in [-0.2, -0.15) is 0 Å². The van der Waals surface area contributed by atoms with Crippen LogP contribution < -0.4 is 4.74 Å². The van der Waals surface area contributed by atoms with E-state index in [0.29, 0.717) is 18.3 Å². The van der Waals surface area contributed by atoms with Crippen molar-refractivity contribution in [2.24, 2.45) is 11.8 Å². The summed E-state index contributed by atoms with van der Waals surface area (Å²) >= 11 is 0. The van der Waals surface area contributed by atoms with E-state index in [9.17, 15) is 24.9 Å². The number of aromatic carboxylic acids is 1. The van der Waals surface area contributed by atoms with Crippen LogP contribution in [0.5, 0.6) is 17.2 Å². The van der Waals surface area contributed by atoms with Gasteiger partial charge in [-0.3, -0.25) is 0 Å². The molecule has 200 valence electrons. The highest BCUT2D eigenvalue weighted by molar-refractivity contribution is 5.89. The molecule has 3 N–H and O–H groups in total. The van der Waals surface area contributed by atoms with Gasteiger partial charge in [-0.15, -0.1) is 0 Å². The molecule has 1 aliphatic carbocycles. The molecular formula is C30H38O7. The fourth-order valence-corrected chi connectivity index (χ4v) is 5.25. The Balaban J connectivity index is 1.48. The number of carboxylic acid groups (broad SMARTS) is 1. The number of hydrogen-bond acceptors (Lipinski definition) is 6. The number of hydrogen-bond donors (Lipinski definition) is 3. The molecule has 1 aliphatic rings. The van der Waals surface area contributed by atoms with Crippen LogP contribution in [0.15, 0.2) is 36.4 Å². The second kappa shape index (κ2) is 12.7. The number of aromatic hydroxyl groups is 2. The minimum Gasteiger partial charge on any atom is -0.508 e. The van der Waals surface area contributed by atoms with Crippen molar-refractivity contribution in [3.05, 3.63) is 58.7 Å². The number of carbonyl (C=O) groups is 2. The summed E-state index contributed by atoms with van der Waals surface area (Å²) in [4.78, 5) is 23.7. The Morgan fingerprint density at radius 1 is 1.08 bits per heavy atom. The van der Waals surface area contributed by atoms with E-state index in [2.05, 4.69) is 20.8 Å². The van der Waals surface area contributed by atoms with Crippen molar-refractivity contribution >= 4 is 18.0 Å². The van der Waals surface area contributed by atoms with Crippen molar-refractivity contribution in [3.63, 3.8) is 0 Å². The Labute approximate surface area is 218 Å². The van der Waals surface area contributed by atoms with Gasteiger partial charge in [0.15, 0.2) is 11.5 Å². The topological polar surface area (TPSA) is 113 Å². The average molecular weight is 511 g/mol. The van der Waals surface area contributed by atoms with E-state index in [1.54, 1.807) is 24.3 Å². The first-order valence-electron chi connectivity index (χ1n) is 12.9. The van der Waals surface area contributed by atoms with Crippen LogP contribution in [0.4, 0.5) is 0 Å². The van der Waals surface area contributed by atoms with Crippen LogP contribution in [0.2, 0.25) is 0 Å². The first-order valence-corrected chi connectivity index (χ1v) is 12.9. The molecular weight excluding hydrogens is 472 g/mol. The zero-order valence-electron chi connectivity index (χ0n) is 22.1. The minimum atomic E-state index is -1.02. The molecule has 0 radical (unpaired) electrons. The van der Waals surface area contributed by atoms with Gasteiger partial charge in [0.1, 0.15) is 5.75 Å².